The fourth-order valence-corrected chi connectivity index (χ4v) is 1.23. The molecule has 1 unspecified atom stereocenters. The second kappa shape index (κ2) is 2.13. The van der Waals surface area contributed by atoms with Crippen molar-refractivity contribution in [1.29, 1.82) is 0 Å². The summed E-state index contributed by atoms with van der Waals surface area (Å²) >= 11 is 0. The first-order chi connectivity index (χ1) is 5.27. The maximum Gasteiger partial charge on any atom is 0.201 e. The second-order valence-electron chi connectivity index (χ2n) is 2.53. The van der Waals surface area contributed by atoms with Crippen LogP contribution in [0.2, 0.25) is 0 Å². The van der Waals surface area contributed by atoms with Crippen molar-refractivity contribution >= 4 is 0 Å². The third kappa shape index (κ3) is 0.935. The van der Waals surface area contributed by atoms with Crippen molar-refractivity contribution in [1.82, 2.24) is 0 Å². The van der Waals surface area contributed by atoms with E-state index in [9.17, 15) is 5.11 Å². The average Bonchev–Trinajstić information content (AvgIpc) is 2.31. The molecular formula is C8H8O3. The summed E-state index contributed by atoms with van der Waals surface area (Å²) in [5.41, 5.74) is 0.694. The van der Waals surface area contributed by atoms with Crippen molar-refractivity contribution in [2.24, 2.45) is 0 Å². The van der Waals surface area contributed by atoms with Crippen molar-refractivity contribution in [2.75, 3.05) is 0 Å². The molecule has 0 bridgehead atoms. The molecule has 0 aromatic heterocycles. The molecule has 0 amide bonds. The first-order valence-corrected chi connectivity index (χ1v) is 3.43. The summed E-state index contributed by atoms with van der Waals surface area (Å²) in [4.78, 5) is 0. The molecule has 0 saturated carbocycles. The molecule has 1 atom stereocenters. The van der Waals surface area contributed by atoms with Crippen molar-refractivity contribution in [3.63, 3.8) is 0 Å². The van der Waals surface area contributed by atoms with Crippen LogP contribution < -0.4 is 4.74 Å². The zero-order valence-electron chi connectivity index (χ0n) is 5.82. The van der Waals surface area contributed by atoms with Gasteiger partial charge in [0.25, 0.3) is 0 Å². The van der Waals surface area contributed by atoms with E-state index in [2.05, 4.69) is 0 Å². The van der Waals surface area contributed by atoms with Gasteiger partial charge in [-0.3, -0.25) is 0 Å². The van der Waals surface area contributed by atoms with Crippen LogP contribution in [-0.2, 0) is 6.42 Å². The quantitative estimate of drug-likeness (QED) is 0.573. The number of phenols is 1. The summed E-state index contributed by atoms with van der Waals surface area (Å²) in [7, 11) is 0. The molecule has 2 rings (SSSR count). The highest BCUT2D eigenvalue weighted by molar-refractivity contribution is 5.46. The smallest absolute Gasteiger partial charge is 0.201 e. The van der Waals surface area contributed by atoms with Crippen LogP contribution in [0.25, 0.3) is 0 Å². The highest BCUT2D eigenvalue weighted by Crippen LogP contribution is 2.33. The van der Waals surface area contributed by atoms with E-state index in [-0.39, 0.29) is 5.75 Å². The standard InChI is InChI=1S/C8H8O3/c9-6-2-1-3-7-5(6)4-8(10)11-7/h1-3,8-10H,4H2. The van der Waals surface area contributed by atoms with Gasteiger partial charge in [0.1, 0.15) is 11.5 Å². The minimum Gasteiger partial charge on any atom is -0.508 e. The van der Waals surface area contributed by atoms with Crippen LogP contribution in [0.1, 0.15) is 5.56 Å². The Hall–Kier alpha value is -1.22. The Labute approximate surface area is 63.9 Å². The van der Waals surface area contributed by atoms with E-state index in [1.165, 1.54) is 0 Å². The third-order valence-electron chi connectivity index (χ3n) is 1.75. The van der Waals surface area contributed by atoms with Crippen molar-refractivity contribution < 1.29 is 14.9 Å². The van der Waals surface area contributed by atoms with Crippen LogP contribution in [0.15, 0.2) is 18.2 Å². The SMILES string of the molecule is Oc1cccc2c1CC(O)O2. The largest absolute Gasteiger partial charge is 0.508 e. The van der Waals surface area contributed by atoms with Gasteiger partial charge in [-0.1, -0.05) is 6.07 Å². The number of fused-ring (bicyclic) bond motifs is 1. The van der Waals surface area contributed by atoms with E-state index < -0.39 is 6.29 Å². The number of aromatic hydroxyl groups is 1. The molecule has 58 valence electrons. The molecule has 2 N–H and O–H groups in total. The second-order valence-corrected chi connectivity index (χ2v) is 2.53. The van der Waals surface area contributed by atoms with Crippen LogP contribution >= 0.6 is 0 Å². The average molecular weight is 152 g/mol. The molecule has 3 nitrogen and oxygen atoms in total. The maximum atomic E-state index is 9.26. The zero-order chi connectivity index (χ0) is 7.84. The molecule has 11 heavy (non-hydrogen) atoms. The van der Waals surface area contributed by atoms with Crippen LogP contribution in [0, 0.1) is 0 Å². The van der Waals surface area contributed by atoms with Gasteiger partial charge in [-0.25, -0.2) is 0 Å². The summed E-state index contributed by atoms with van der Waals surface area (Å²) in [6, 6.07) is 5.00. The van der Waals surface area contributed by atoms with Crippen LogP contribution in [0.3, 0.4) is 0 Å². The molecule has 1 heterocycles. The van der Waals surface area contributed by atoms with E-state index in [1.54, 1.807) is 18.2 Å². The first-order valence-electron chi connectivity index (χ1n) is 3.43. The number of ether oxygens (including phenoxy) is 1. The van der Waals surface area contributed by atoms with Crippen LogP contribution in [0.4, 0.5) is 0 Å². The highest BCUT2D eigenvalue weighted by atomic mass is 16.6. The molecule has 0 aliphatic carbocycles. The summed E-state index contributed by atoms with van der Waals surface area (Å²) in [5.74, 6) is 0.775. The fourth-order valence-electron chi connectivity index (χ4n) is 1.23. The van der Waals surface area contributed by atoms with Gasteiger partial charge < -0.3 is 14.9 Å². The minimum absolute atomic E-state index is 0.194. The van der Waals surface area contributed by atoms with Crippen molar-refractivity contribution in [2.45, 2.75) is 12.7 Å². The molecule has 0 radical (unpaired) electrons. The lowest BCUT2D eigenvalue weighted by Crippen LogP contribution is -2.09. The molecule has 1 aromatic rings. The molecule has 1 aliphatic heterocycles. The van der Waals surface area contributed by atoms with Gasteiger partial charge in [0.2, 0.25) is 6.29 Å². The lowest BCUT2D eigenvalue weighted by molar-refractivity contribution is 0.00209. The summed E-state index contributed by atoms with van der Waals surface area (Å²) < 4.78 is 4.98. The Morgan fingerprint density at radius 1 is 1.45 bits per heavy atom. The van der Waals surface area contributed by atoms with Crippen molar-refractivity contribution in [3.8, 4) is 11.5 Å². The number of aliphatic hydroxyl groups excluding tert-OH is 1. The molecule has 0 fully saturated rings. The number of hydrogen-bond donors (Lipinski definition) is 2. The van der Waals surface area contributed by atoms with E-state index in [4.69, 9.17) is 9.84 Å². The van der Waals surface area contributed by atoms with Crippen LogP contribution in [-0.4, -0.2) is 16.5 Å². The molecule has 1 aliphatic rings. The maximum absolute atomic E-state index is 9.26. The Balaban J connectivity index is 2.49. The van der Waals surface area contributed by atoms with Gasteiger partial charge in [-0.05, 0) is 12.1 Å². The van der Waals surface area contributed by atoms with Gasteiger partial charge in [-0.15, -0.1) is 0 Å². The lowest BCUT2D eigenvalue weighted by Gasteiger charge is -2.00. The number of rotatable bonds is 0. The van der Waals surface area contributed by atoms with Gasteiger partial charge in [0.15, 0.2) is 0 Å². The number of phenolic OH excluding ortho intramolecular Hbond substituents is 1. The lowest BCUT2D eigenvalue weighted by atomic mass is 10.1. The molecule has 1 aromatic carbocycles. The number of hydrogen-bond acceptors (Lipinski definition) is 3. The fraction of sp³-hybridized carbons (Fsp3) is 0.250. The van der Waals surface area contributed by atoms with E-state index in [1.807, 2.05) is 0 Å². The first kappa shape index (κ1) is 6.49. The van der Waals surface area contributed by atoms with Crippen molar-refractivity contribution in [3.05, 3.63) is 23.8 Å². The Morgan fingerprint density at radius 3 is 3.00 bits per heavy atom. The summed E-state index contributed by atoms with van der Waals surface area (Å²) in [6.07, 6.45) is -0.416. The van der Waals surface area contributed by atoms with Gasteiger partial charge in [0.05, 0.1) is 0 Å². The topological polar surface area (TPSA) is 49.7 Å². The summed E-state index contributed by atoms with van der Waals surface area (Å²) in [6.45, 7) is 0. The highest BCUT2D eigenvalue weighted by Gasteiger charge is 2.22. The van der Waals surface area contributed by atoms with E-state index >= 15 is 0 Å². The molecular weight excluding hydrogens is 144 g/mol. The number of aliphatic hydroxyl groups is 1. The van der Waals surface area contributed by atoms with Gasteiger partial charge in [-0.2, -0.15) is 0 Å². The van der Waals surface area contributed by atoms with Gasteiger partial charge >= 0.3 is 0 Å². The molecule has 0 spiro atoms. The van der Waals surface area contributed by atoms with Gasteiger partial charge in [0, 0.05) is 12.0 Å². The normalized spacial score (nSPS) is 21.0. The predicted molar refractivity (Wildman–Crippen MR) is 38.4 cm³/mol. The van der Waals surface area contributed by atoms with E-state index in [0.29, 0.717) is 17.7 Å². The zero-order valence-corrected chi connectivity index (χ0v) is 5.82. The third-order valence-corrected chi connectivity index (χ3v) is 1.75. The van der Waals surface area contributed by atoms with Crippen LogP contribution in [0.5, 0.6) is 11.5 Å². The molecule has 3 heteroatoms. The monoisotopic (exact) mass is 152 g/mol. The Morgan fingerprint density at radius 2 is 2.27 bits per heavy atom. The Bertz CT molecular complexity index is 283. The number of benzene rings is 1. The Kier molecular flexibility index (Phi) is 1.26. The molecule has 0 saturated heterocycles. The minimum atomic E-state index is -0.793. The summed E-state index contributed by atoms with van der Waals surface area (Å²) in [5, 5.41) is 18.3. The predicted octanol–water partition coefficient (Wildman–Crippen LogP) is 0.645. The van der Waals surface area contributed by atoms with E-state index in [0.717, 1.165) is 0 Å².